The first-order valence-corrected chi connectivity index (χ1v) is 7.67. The maximum atomic E-state index is 13.4. The molecule has 1 atom stereocenters. The van der Waals surface area contributed by atoms with Crippen LogP contribution in [0.15, 0.2) is 18.5 Å². The summed E-state index contributed by atoms with van der Waals surface area (Å²) in [5.74, 6) is -1.82. The van der Waals surface area contributed by atoms with Gasteiger partial charge < -0.3 is 9.88 Å². The molecule has 0 aromatic carbocycles. The number of aromatic nitrogens is 1. The third-order valence-electron chi connectivity index (χ3n) is 4.93. The van der Waals surface area contributed by atoms with Crippen molar-refractivity contribution in [3.05, 3.63) is 24.0 Å². The van der Waals surface area contributed by atoms with Gasteiger partial charge in [0.05, 0.1) is 0 Å². The monoisotopic (exact) mass is 282 g/mol. The van der Waals surface area contributed by atoms with Gasteiger partial charge in [-0.25, -0.2) is 8.78 Å². The third-order valence-corrected chi connectivity index (χ3v) is 4.93. The lowest BCUT2D eigenvalue weighted by Crippen LogP contribution is -2.58. The first kappa shape index (κ1) is 14.1. The number of nitrogens with zero attached hydrogens (tertiary/aromatic N) is 1. The molecule has 20 heavy (non-hydrogen) atoms. The van der Waals surface area contributed by atoms with Crippen molar-refractivity contribution >= 4 is 0 Å². The number of hydrogen-bond donors (Lipinski definition) is 1. The molecule has 1 aliphatic carbocycles. The van der Waals surface area contributed by atoms with E-state index in [2.05, 4.69) is 42.2 Å². The fourth-order valence-corrected chi connectivity index (χ4v) is 3.71. The summed E-state index contributed by atoms with van der Waals surface area (Å²) in [6.07, 6.45) is 5.70. The van der Waals surface area contributed by atoms with Gasteiger partial charge in [0.15, 0.2) is 0 Å². The van der Waals surface area contributed by atoms with E-state index in [0.29, 0.717) is 18.8 Å². The smallest absolute Gasteiger partial charge is 0.248 e. The lowest BCUT2D eigenvalue weighted by atomic mass is 9.62. The van der Waals surface area contributed by atoms with Gasteiger partial charge in [0.1, 0.15) is 0 Å². The summed E-state index contributed by atoms with van der Waals surface area (Å²) < 4.78 is 28.9. The summed E-state index contributed by atoms with van der Waals surface area (Å²) in [7, 11) is 0. The lowest BCUT2D eigenvalue weighted by Gasteiger charge is -2.54. The van der Waals surface area contributed by atoms with Gasteiger partial charge >= 0.3 is 0 Å². The van der Waals surface area contributed by atoms with Crippen molar-refractivity contribution in [1.82, 2.24) is 9.88 Å². The summed E-state index contributed by atoms with van der Waals surface area (Å²) in [6, 6.07) is 2.42. The topological polar surface area (TPSA) is 17.0 Å². The Morgan fingerprint density at radius 3 is 2.55 bits per heavy atom. The number of alkyl halides is 2. The van der Waals surface area contributed by atoms with E-state index in [1.165, 1.54) is 5.56 Å². The highest BCUT2D eigenvalue weighted by Gasteiger charge is 2.52. The van der Waals surface area contributed by atoms with Crippen molar-refractivity contribution < 1.29 is 8.78 Å². The van der Waals surface area contributed by atoms with Gasteiger partial charge in [-0.2, -0.15) is 0 Å². The van der Waals surface area contributed by atoms with Crippen molar-refractivity contribution in [3.8, 4) is 0 Å². The molecule has 2 aliphatic rings. The van der Waals surface area contributed by atoms with Gasteiger partial charge in [0.2, 0.25) is 5.92 Å². The maximum Gasteiger partial charge on any atom is 0.248 e. The molecule has 1 aromatic rings. The van der Waals surface area contributed by atoms with Crippen LogP contribution in [0.1, 0.15) is 51.1 Å². The quantitative estimate of drug-likeness (QED) is 0.887. The Morgan fingerprint density at radius 1 is 1.30 bits per heavy atom. The first-order chi connectivity index (χ1) is 9.40. The van der Waals surface area contributed by atoms with Gasteiger partial charge in [-0.15, -0.1) is 0 Å². The van der Waals surface area contributed by atoms with Crippen LogP contribution < -0.4 is 5.32 Å². The van der Waals surface area contributed by atoms with E-state index >= 15 is 0 Å². The molecule has 1 aromatic heterocycles. The largest absolute Gasteiger partial charge is 0.354 e. The molecule has 1 spiro atoms. The molecule has 1 N–H and O–H groups in total. The second-order valence-electron chi connectivity index (χ2n) is 7.07. The van der Waals surface area contributed by atoms with Gasteiger partial charge in [-0.3, -0.25) is 0 Å². The third kappa shape index (κ3) is 2.50. The van der Waals surface area contributed by atoms with Gasteiger partial charge in [-0.05, 0) is 30.4 Å². The number of nitrogens with one attached hydrogen (secondary N) is 1. The van der Waals surface area contributed by atoms with E-state index in [1.807, 2.05) is 0 Å². The molecule has 1 aliphatic heterocycles. The summed E-state index contributed by atoms with van der Waals surface area (Å²) in [4.78, 5) is 0. The zero-order valence-corrected chi connectivity index (χ0v) is 12.3. The van der Waals surface area contributed by atoms with Crippen LogP contribution in [-0.4, -0.2) is 17.0 Å². The normalized spacial score (nSPS) is 27.8. The number of rotatable bonds is 3. The fourth-order valence-electron chi connectivity index (χ4n) is 3.71. The van der Waals surface area contributed by atoms with E-state index in [9.17, 15) is 8.78 Å². The second kappa shape index (κ2) is 4.83. The highest BCUT2D eigenvalue weighted by atomic mass is 19.3. The van der Waals surface area contributed by atoms with Crippen LogP contribution in [0.5, 0.6) is 0 Å². The summed E-state index contributed by atoms with van der Waals surface area (Å²) in [5, 5.41) is 3.46. The average Bonchev–Trinajstić information content (AvgIpc) is 2.75. The maximum absolute atomic E-state index is 13.4. The van der Waals surface area contributed by atoms with Crippen LogP contribution in [-0.2, 0) is 6.54 Å². The van der Waals surface area contributed by atoms with Crippen LogP contribution >= 0.6 is 0 Å². The van der Waals surface area contributed by atoms with Crippen molar-refractivity contribution in [1.29, 1.82) is 0 Å². The standard InChI is InChI=1S/C16H24F2N2/c1-12(2)9-20-8-3-13(10-20)14-15(11-19-14)4-6-16(17,18)7-5-15/h3,8,10,12,14,19H,4-7,9,11H2,1-2H3. The molecule has 2 heterocycles. The van der Waals surface area contributed by atoms with E-state index in [0.717, 1.165) is 13.1 Å². The Morgan fingerprint density at radius 2 is 2.00 bits per heavy atom. The predicted octanol–water partition coefficient (Wildman–Crippen LogP) is 3.98. The fraction of sp³-hybridized carbons (Fsp3) is 0.750. The molecule has 1 saturated heterocycles. The Hall–Kier alpha value is -0.900. The Bertz CT molecular complexity index is 469. The minimum absolute atomic E-state index is 0.0535. The van der Waals surface area contributed by atoms with Crippen molar-refractivity contribution in [3.63, 3.8) is 0 Å². The minimum Gasteiger partial charge on any atom is -0.354 e. The molecule has 2 nitrogen and oxygen atoms in total. The number of hydrogen-bond acceptors (Lipinski definition) is 1. The van der Waals surface area contributed by atoms with E-state index in [1.54, 1.807) is 0 Å². The highest BCUT2D eigenvalue weighted by molar-refractivity contribution is 5.24. The summed E-state index contributed by atoms with van der Waals surface area (Å²) in [6.45, 7) is 6.30. The summed E-state index contributed by atoms with van der Waals surface area (Å²) in [5.41, 5.74) is 1.34. The Labute approximate surface area is 119 Å². The number of halogens is 2. The van der Waals surface area contributed by atoms with Crippen LogP contribution in [0.4, 0.5) is 8.78 Å². The molecule has 0 bridgehead atoms. The SMILES string of the molecule is CC(C)Cn1ccc(C2NCC23CCC(F)(F)CC3)c1. The van der Waals surface area contributed by atoms with Crippen LogP contribution in [0.25, 0.3) is 0 Å². The van der Waals surface area contributed by atoms with Gasteiger partial charge in [0.25, 0.3) is 0 Å². The molecular formula is C16H24F2N2. The molecule has 1 saturated carbocycles. The van der Waals surface area contributed by atoms with Crippen LogP contribution in [0, 0.1) is 11.3 Å². The lowest BCUT2D eigenvalue weighted by molar-refractivity contribution is -0.0955. The van der Waals surface area contributed by atoms with Gasteiger partial charge in [-0.1, -0.05) is 13.8 Å². The highest BCUT2D eigenvalue weighted by Crippen LogP contribution is 2.54. The van der Waals surface area contributed by atoms with Gasteiger partial charge in [0, 0.05) is 49.8 Å². The summed E-state index contributed by atoms with van der Waals surface area (Å²) >= 11 is 0. The zero-order valence-electron chi connectivity index (χ0n) is 12.3. The van der Waals surface area contributed by atoms with Crippen molar-refractivity contribution in [2.45, 2.75) is 58.0 Å². The Balaban J connectivity index is 1.70. The molecule has 1 unspecified atom stereocenters. The van der Waals surface area contributed by atoms with E-state index < -0.39 is 5.92 Å². The minimum atomic E-state index is -2.44. The molecule has 0 amide bonds. The second-order valence-corrected chi connectivity index (χ2v) is 7.07. The zero-order chi connectivity index (χ0) is 14.4. The molecular weight excluding hydrogens is 258 g/mol. The van der Waals surface area contributed by atoms with Crippen LogP contribution in [0.2, 0.25) is 0 Å². The molecule has 4 heteroatoms. The molecule has 3 rings (SSSR count). The molecule has 2 fully saturated rings. The van der Waals surface area contributed by atoms with E-state index in [-0.39, 0.29) is 24.3 Å². The Kier molecular flexibility index (Phi) is 3.39. The van der Waals surface area contributed by atoms with Crippen LogP contribution in [0.3, 0.4) is 0 Å². The van der Waals surface area contributed by atoms with E-state index in [4.69, 9.17) is 0 Å². The molecule has 0 radical (unpaired) electrons. The predicted molar refractivity (Wildman–Crippen MR) is 75.9 cm³/mol. The van der Waals surface area contributed by atoms with Crippen molar-refractivity contribution in [2.24, 2.45) is 11.3 Å². The van der Waals surface area contributed by atoms with Crippen molar-refractivity contribution in [2.75, 3.05) is 6.54 Å². The first-order valence-electron chi connectivity index (χ1n) is 7.67. The average molecular weight is 282 g/mol. The molecule has 112 valence electrons.